The lowest BCUT2D eigenvalue weighted by atomic mass is 10.2. The lowest BCUT2D eigenvalue weighted by Crippen LogP contribution is -1.98. The Morgan fingerprint density at radius 1 is 1.40 bits per heavy atom. The first kappa shape index (κ1) is 12.6. The van der Waals surface area contributed by atoms with Crippen molar-refractivity contribution in [2.45, 2.75) is 18.2 Å². The molecule has 6 heteroatoms. The van der Waals surface area contributed by atoms with Gasteiger partial charge in [-0.3, -0.25) is 0 Å². The van der Waals surface area contributed by atoms with Gasteiger partial charge in [-0.1, -0.05) is 18.5 Å². The van der Waals surface area contributed by atoms with E-state index in [1.54, 1.807) is 6.07 Å². The highest BCUT2D eigenvalue weighted by Gasteiger charge is 2.20. The molecule has 1 rings (SSSR count). The molecule has 0 spiro atoms. The SMILES string of the molecule is CCc1cc(Cl)c(OC)c(S(=O)(=O)Cl)c1. The second-order valence-electron chi connectivity index (χ2n) is 2.90. The summed E-state index contributed by atoms with van der Waals surface area (Å²) in [6.07, 6.45) is 0.670. The molecule has 0 aromatic heterocycles. The zero-order valence-electron chi connectivity index (χ0n) is 8.25. The molecule has 0 unspecified atom stereocenters. The Hall–Kier alpha value is -0.450. The summed E-state index contributed by atoms with van der Waals surface area (Å²) in [4.78, 5) is -0.0870. The summed E-state index contributed by atoms with van der Waals surface area (Å²) >= 11 is 5.87. The minimum absolute atomic E-state index is 0.0869. The predicted octanol–water partition coefficient (Wildman–Crippen LogP) is 2.84. The van der Waals surface area contributed by atoms with E-state index < -0.39 is 9.05 Å². The van der Waals surface area contributed by atoms with E-state index in [1.807, 2.05) is 6.92 Å². The Kier molecular flexibility index (Phi) is 3.87. The van der Waals surface area contributed by atoms with Crippen molar-refractivity contribution in [3.05, 3.63) is 22.7 Å². The van der Waals surface area contributed by atoms with Gasteiger partial charge in [-0.15, -0.1) is 0 Å². The Labute approximate surface area is 98.4 Å². The molecule has 0 aliphatic carbocycles. The van der Waals surface area contributed by atoms with Gasteiger partial charge in [0.25, 0.3) is 9.05 Å². The van der Waals surface area contributed by atoms with Crippen LogP contribution in [0.5, 0.6) is 5.75 Å². The second-order valence-corrected chi connectivity index (χ2v) is 5.84. The summed E-state index contributed by atoms with van der Waals surface area (Å²) in [5.74, 6) is 0.0869. The molecule has 0 saturated carbocycles. The van der Waals surface area contributed by atoms with Crippen LogP contribution in [-0.4, -0.2) is 15.5 Å². The third kappa shape index (κ3) is 2.77. The van der Waals surface area contributed by atoms with Gasteiger partial charge in [0, 0.05) is 10.7 Å². The van der Waals surface area contributed by atoms with Crippen LogP contribution in [0.25, 0.3) is 0 Å². The summed E-state index contributed by atoms with van der Waals surface area (Å²) in [6, 6.07) is 3.12. The first-order valence-electron chi connectivity index (χ1n) is 4.21. The van der Waals surface area contributed by atoms with Crippen LogP contribution < -0.4 is 4.74 Å². The van der Waals surface area contributed by atoms with E-state index in [0.29, 0.717) is 6.42 Å². The molecule has 0 aliphatic heterocycles. The molecule has 3 nitrogen and oxygen atoms in total. The fourth-order valence-corrected chi connectivity index (χ4v) is 2.63. The highest BCUT2D eigenvalue weighted by molar-refractivity contribution is 8.13. The summed E-state index contributed by atoms with van der Waals surface area (Å²) in [7, 11) is 2.78. The van der Waals surface area contributed by atoms with E-state index in [9.17, 15) is 8.42 Å². The predicted molar refractivity (Wildman–Crippen MR) is 60.4 cm³/mol. The second kappa shape index (κ2) is 4.60. The quantitative estimate of drug-likeness (QED) is 0.792. The first-order chi connectivity index (χ1) is 6.90. The van der Waals surface area contributed by atoms with Crippen LogP contribution >= 0.6 is 22.3 Å². The van der Waals surface area contributed by atoms with Crippen molar-refractivity contribution in [2.24, 2.45) is 0 Å². The van der Waals surface area contributed by atoms with Gasteiger partial charge in [0.1, 0.15) is 4.90 Å². The number of rotatable bonds is 3. The standard InChI is InChI=1S/C9H10Cl2O3S/c1-3-6-4-7(10)9(14-2)8(5-6)15(11,12)13/h4-5H,3H2,1-2H3. The average molecular weight is 269 g/mol. The van der Waals surface area contributed by atoms with Gasteiger partial charge >= 0.3 is 0 Å². The van der Waals surface area contributed by atoms with Crippen LogP contribution in [0.1, 0.15) is 12.5 Å². The first-order valence-corrected chi connectivity index (χ1v) is 6.90. The Bertz CT molecular complexity index is 468. The minimum Gasteiger partial charge on any atom is -0.494 e. The van der Waals surface area contributed by atoms with E-state index >= 15 is 0 Å². The molecule has 0 N–H and O–H groups in total. The van der Waals surface area contributed by atoms with Crippen molar-refractivity contribution in [1.29, 1.82) is 0 Å². The van der Waals surface area contributed by atoms with Gasteiger partial charge in [-0.05, 0) is 24.1 Å². The van der Waals surface area contributed by atoms with Crippen molar-refractivity contribution in [3.63, 3.8) is 0 Å². The molecule has 0 heterocycles. The number of hydrogen-bond donors (Lipinski definition) is 0. The molecule has 84 valence electrons. The normalized spacial score (nSPS) is 11.5. The fourth-order valence-electron chi connectivity index (χ4n) is 1.20. The molecule has 15 heavy (non-hydrogen) atoms. The molecule has 0 radical (unpaired) electrons. The van der Waals surface area contributed by atoms with Crippen molar-refractivity contribution in [3.8, 4) is 5.75 Å². The van der Waals surface area contributed by atoms with Gasteiger partial charge in [0.2, 0.25) is 0 Å². The van der Waals surface area contributed by atoms with Gasteiger partial charge < -0.3 is 4.74 Å². The zero-order valence-corrected chi connectivity index (χ0v) is 10.6. The Morgan fingerprint density at radius 3 is 2.40 bits per heavy atom. The third-order valence-corrected chi connectivity index (χ3v) is 3.55. The molecular weight excluding hydrogens is 259 g/mol. The highest BCUT2D eigenvalue weighted by Crippen LogP contribution is 2.35. The summed E-state index contributed by atoms with van der Waals surface area (Å²) < 4.78 is 27.4. The molecule has 0 saturated heterocycles. The Balaban J connectivity index is 3.53. The van der Waals surface area contributed by atoms with Crippen molar-refractivity contribution in [1.82, 2.24) is 0 Å². The van der Waals surface area contributed by atoms with E-state index in [2.05, 4.69) is 0 Å². The minimum atomic E-state index is -3.84. The van der Waals surface area contributed by atoms with Gasteiger partial charge in [-0.25, -0.2) is 8.42 Å². The largest absolute Gasteiger partial charge is 0.494 e. The van der Waals surface area contributed by atoms with Crippen LogP contribution in [0.3, 0.4) is 0 Å². The van der Waals surface area contributed by atoms with E-state index in [1.165, 1.54) is 13.2 Å². The lowest BCUT2D eigenvalue weighted by Gasteiger charge is -2.09. The van der Waals surface area contributed by atoms with Crippen molar-refractivity contribution >= 4 is 31.3 Å². The third-order valence-electron chi connectivity index (χ3n) is 1.94. The number of aryl methyl sites for hydroxylation is 1. The molecule has 0 bridgehead atoms. The van der Waals surface area contributed by atoms with Crippen molar-refractivity contribution in [2.75, 3.05) is 7.11 Å². The highest BCUT2D eigenvalue weighted by atomic mass is 35.7. The molecular formula is C9H10Cl2O3S. The Morgan fingerprint density at radius 2 is 2.00 bits per heavy atom. The van der Waals surface area contributed by atoms with Crippen molar-refractivity contribution < 1.29 is 13.2 Å². The number of hydrogen-bond acceptors (Lipinski definition) is 3. The summed E-state index contributed by atoms with van der Waals surface area (Å²) in [6.45, 7) is 1.89. The van der Waals surface area contributed by atoms with Crippen LogP contribution in [0.15, 0.2) is 17.0 Å². The molecule has 1 aromatic rings. The van der Waals surface area contributed by atoms with Gasteiger partial charge in [0.05, 0.1) is 12.1 Å². The summed E-state index contributed by atoms with van der Waals surface area (Å²) in [5.41, 5.74) is 0.792. The van der Waals surface area contributed by atoms with E-state index in [-0.39, 0.29) is 15.7 Å². The number of halogens is 2. The maximum absolute atomic E-state index is 11.3. The zero-order chi connectivity index (χ0) is 11.6. The van der Waals surface area contributed by atoms with Crippen LogP contribution in [0, 0.1) is 0 Å². The van der Waals surface area contributed by atoms with Gasteiger partial charge in [-0.2, -0.15) is 0 Å². The maximum atomic E-state index is 11.3. The van der Waals surface area contributed by atoms with Gasteiger partial charge in [0.15, 0.2) is 5.75 Å². The van der Waals surface area contributed by atoms with Crippen LogP contribution in [-0.2, 0) is 15.5 Å². The maximum Gasteiger partial charge on any atom is 0.265 e. The fraction of sp³-hybridized carbons (Fsp3) is 0.333. The molecule has 0 fully saturated rings. The van der Waals surface area contributed by atoms with E-state index in [4.69, 9.17) is 27.0 Å². The van der Waals surface area contributed by atoms with Crippen LogP contribution in [0.4, 0.5) is 0 Å². The monoisotopic (exact) mass is 268 g/mol. The average Bonchev–Trinajstić information content (AvgIpc) is 2.15. The molecule has 1 aromatic carbocycles. The number of benzene rings is 1. The lowest BCUT2D eigenvalue weighted by molar-refractivity contribution is 0.403. The van der Waals surface area contributed by atoms with E-state index in [0.717, 1.165) is 5.56 Å². The topological polar surface area (TPSA) is 43.4 Å². The smallest absolute Gasteiger partial charge is 0.265 e. The van der Waals surface area contributed by atoms with Crippen LogP contribution in [0.2, 0.25) is 5.02 Å². The molecule has 0 aliphatic rings. The number of methoxy groups -OCH3 is 1. The summed E-state index contributed by atoms with van der Waals surface area (Å²) in [5, 5.41) is 0.246. The molecule has 0 atom stereocenters. The number of ether oxygens (including phenoxy) is 1. The molecule has 0 amide bonds.